The van der Waals surface area contributed by atoms with Crippen LogP contribution in [0.25, 0.3) is 0 Å². The summed E-state index contributed by atoms with van der Waals surface area (Å²) in [5.41, 5.74) is 2.99. The van der Waals surface area contributed by atoms with Crippen LogP contribution in [0.2, 0.25) is 0 Å². The van der Waals surface area contributed by atoms with Crippen LogP contribution in [0.4, 0.5) is 0 Å². The van der Waals surface area contributed by atoms with Crippen LogP contribution in [0.1, 0.15) is 49.8 Å². The number of benzene rings is 1. The van der Waals surface area contributed by atoms with Gasteiger partial charge in [0.05, 0.1) is 0 Å². The smallest absolute Gasteiger partial charge is 0.0391 e. The zero-order chi connectivity index (χ0) is 14.4. The Hall–Kier alpha value is -0.860. The van der Waals surface area contributed by atoms with Crippen LogP contribution in [0.5, 0.6) is 0 Å². The maximum atomic E-state index is 3.42. The molecule has 0 spiro atoms. The van der Waals surface area contributed by atoms with Crippen molar-refractivity contribution < 1.29 is 0 Å². The Morgan fingerprint density at radius 3 is 2.75 bits per heavy atom. The van der Waals surface area contributed by atoms with Gasteiger partial charge in [0, 0.05) is 6.04 Å². The molecule has 112 valence electrons. The Kier molecular flexibility index (Phi) is 6.06. The first-order valence-electron chi connectivity index (χ1n) is 8.22. The summed E-state index contributed by atoms with van der Waals surface area (Å²) in [7, 11) is 2.09. The average Bonchev–Trinajstić information content (AvgIpc) is 2.63. The zero-order valence-electron chi connectivity index (χ0n) is 13.4. The highest BCUT2D eigenvalue weighted by Gasteiger charge is 2.30. The summed E-state index contributed by atoms with van der Waals surface area (Å²) >= 11 is 0. The quantitative estimate of drug-likeness (QED) is 0.879. The maximum absolute atomic E-state index is 3.42. The topological polar surface area (TPSA) is 15.3 Å². The fourth-order valence-corrected chi connectivity index (χ4v) is 3.70. The molecule has 0 radical (unpaired) electrons. The number of rotatable bonds is 5. The van der Waals surface area contributed by atoms with E-state index >= 15 is 0 Å². The first kappa shape index (κ1) is 15.5. The van der Waals surface area contributed by atoms with Crippen molar-refractivity contribution in [1.29, 1.82) is 0 Å². The Labute approximate surface area is 124 Å². The molecule has 0 aromatic heterocycles. The van der Waals surface area contributed by atoms with E-state index in [9.17, 15) is 0 Å². The molecule has 1 aromatic rings. The van der Waals surface area contributed by atoms with Crippen LogP contribution >= 0.6 is 0 Å². The van der Waals surface area contributed by atoms with Crippen LogP contribution in [0, 0.1) is 12.8 Å². The van der Waals surface area contributed by atoms with E-state index in [1.54, 1.807) is 5.56 Å². The molecule has 2 nitrogen and oxygen atoms in total. The van der Waals surface area contributed by atoms with E-state index in [1.165, 1.54) is 44.3 Å². The normalized spacial score (nSPS) is 24.6. The van der Waals surface area contributed by atoms with Crippen molar-refractivity contribution in [2.24, 2.45) is 5.92 Å². The van der Waals surface area contributed by atoms with E-state index in [2.05, 4.69) is 55.4 Å². The molecular formula is C18H30N2. The standard InChI is InChI=1S/C18H30N2/c1-4-12-20-13-8-7-10-16(14-19-3)18(20)17-11-6-5-9-15(17)2/h5-6,9,11,16,18-19H,4,7-8,10,12-14H2,1-3H3. The largest absolute Gasteiger partial charge is 0.319 e. The molecule has 0 bridgehead atoms. The highest BCUT2D eigenvalue weighted by molar-refractivity contribution is 5.29. The van der Waals surface area contributed by atoms with Gasteiger partial charge in [0.2, 0.25) is 0 Å². The van der Waals surface area contributed by atoms with Crippen LogP contribution in [-0.4, -0.2) is 31.6 Å². The van der Waals surface area contributed by atoms with Gasteiger partial charge in [0.15, 0.2) is 0 Å². The van der Waals surface area contributed by atoms with Crippen LogP contribution in [-0.2, 0) is 0 Å². The van der Waals surface area contributed by atoms with Crippen molar-refractivity contribution in [3.05, 3.63) is 35.4 Å². The summed E-state index contributed by atoms with van der Waals surface area (Å²) in [5.74, 6) is 0.732. The predicted octanol–water partition coefficient (Wildman–Crippen LogP) is 3.77. The van der Waals surface area contributed by atoms with Gasteiger partial charge in [-0.3, -0.25) is 4.90 Å². The van der Waals surface area contributed by atoms with Gasteiger partial charge in [0.1, 0.15) is 0 Å². The summed E-state index contributed by atoms with van der Waals surface area (Å²) in [5, 5.41) is 3.42. The van der Waals surface area contributed by atoms with Crippen LogP contribution in [0.3, 0.4) is 0 Å². The highest BCUT2D eigenvalue weighted by Crippen LogP contribution is 2.36. The van der Waals surface area contributed by atoms with Gasteiger partial charge in [-0.15, -0.1) is 0 Å². The second kappa shape index (κ2) is 7.80. The van der Waals surface area contributed by atoms with E-state index in [1.807, 2.05) is 0 Å². The van der Waals surface area contributed by atoms with Crippen molar-refractivity contribution in [2.45, 2.75) is 45.6 Å². The van der Waals surface area contributed by atoms with Crippen LogP contribution < -0.4 is 5.32 Å². The third-order valence-corrected chi connectivity index (χ3v) is 4.59. The third-order valence-electron chi connectivity index (χ3n) is 4.59. The van der Waals surface area contributed by atoms with E-state index in [0.717, 1.165) is 12.5 Å². The number of hydrogen-bond acceptors (Lipinski definition) is 2. The molecule has 2 unspecified atom stereocenters. The van der Waals surface area contributed by atoms with Crippen LogP contribution in [0.15, 0.2) is 24.3 Å². The zero-order valence-corrected chi connectivity index (χ0v) is 13.4. The minimum absolute atomic E-state index is 0.589. The molecular weight excluding hydrogens is 244 g/mol. The van der Waals surface area contributed by atoms with Crippen molar-refractivity contribution in [3.63, 3.8) is 0 Å². The lowest BCUT2D eigenvalue weighted by molar-refractivity contribution is 0.154. The lowest BCUT2D eigenvalue weighted by Gasteiger charge is -2.36. The molecule has 1 fully saturated rings. The molecule has 0 aliphatic carbocycles. The highest BCUT2D eigenvalue weighted by atomic mass is 15.2. The van der Waals surface area contributed by atoms with Gasteiger partial charge in [-0.1, -0.05) is 37.6 Å². The second-order valence-corrected chi connectivity index (χ2v) is 6.15. The lowest BCUT2D eigenvalue weighted by atomic mass is 9.87. The van der Waals surface area contributed by atoms with Gasteiger partial charge in [-0.2, -0.15) is 0 Å². The van der Waals surface area contributed by atoms with E-state index in [4.69, 9.17) is 0 Å². The van der Waals surface area contributed by atoms with Crippen molar-refractivity contribution in [2.75, 3.05) is 26.7 Å². The SMILES string of the molecule is CCCN1CCCCC(CNC)C1c1ccccc1C. The van der Waals surface area contributed by atoms with Gasteiger partial charge < -0.3 is 5.32 Å². The fraction of sp³-hybridized carbons (Fsp3) is 0.667. The minimum Gasteiger partial charge on any atom is -0.319 e. The summed E-state index contributed by atoms with van der Waals surface area (Å²) in [4.78, 5) is 2.73. The lowest BCUT2D eigenvalue weighted by Crippen LogP contribution is -2.37. The number of hydrogen-bond donors (Lipinski definition) is 1. The predicted molar refractivity (Wildman–Crippen MR) is 87.1 cm³/mol. The Bertz CT molecular complexity index is 386. The van der Waals surface area contributed by atoms with E-state index in [0.29, 0.717) is 6.04 Å². The van der Waals surface area contributed by atoms with Gasteiger partial charge in [-0.05, 0) is 69.9 Å². The molecule has 20 heavy (non-hydrogen) atoms. The first-order chi connectivity index (χ1) is 9.77. The summed E-state index contributed by atoms with van der Waals surface area (Å²) in [6.45, 7) is 8.17. The summed E-state index contributed by atoms with van der Waals surface area (Å²) < 4.78 is 0. The molecule has 1 aliphatic heterocycles. The minimum atomic E-state index is 0.589. The summed E-state index contributed by atoms with van der Waals surface area (Å²) in [6.07, 6.45) is 5.31. The molecule has 0 amide bonds. The van der Waals surface area contributed by atoms with Crippen molar-refractivity contribution >= 4 is 0 Å². The molecule has 1 heterocycles. The molecule has 1 aliphatic rings. The maximum Gasteiger partial charge on any atom is 0.0391 e. The number of nitrogens with one attached hydrogen (secondary N) is 1. The monoisotopic (exact) mass is 274 g/mol. The Morgan fingerprint density at radius 2 is 2.05 bits per heavy atom. The summed E-state index contributed by atoms with van der Waals surface area (Å²) in [6, 6.07) is 9.56. The molecule has 1 N–H and O–H groups in total. The number of nitrogens with zero attached hydrogens (tertiary/aromatic N) is 1. The molecule has 0 saturated carbocycles. The molecule has 1 aromatic carbocycles. The van der Waals surface area contributed by atoms with E-state index < -0.39 is 0 Å². The molecule has 2 heteroatoms. The van der Waals surface area contributed by atoms with Crippen molar-refractivity contribution in [1.82, 2.24) is 10.2 Å². The Morgan fingerprint density at radius 1 is 1.25 bits per heavy atom. The van der Waals surface area contributed by atoms with E-state index in [-0.39, 0.29) is 0 Å². The van der Waals surface area contributed by atoms with Crippen molar-refractivity contribution in [3.8, 4) is 0 Å². The fourth-order valence-electron chi connectivity index (χ4n) is 3.70. The Balaban J connectivity index is 2.33. The molecule has 2 rings (SSSR count). The number of aryl methyl sites for hydroxylation is 1. The van der Waals surface area contributed by atoms with Gasteiger partial charge in [0.25, 0.3) is 0 Å². The number of likely N-dealkylation sites (tertiary alicyclic amines) is 1. The second-order valence-electron chi connectivity index (χ2n) is 6.15. The molecule has 2 atom stereocenters. The van der Waals surface area contributed by atoms with Gasteiger partial charge in [-0.25, -0.2) is 0 Å². The average molecular weight is 274 g/mol. The third kappa shape index (κ3) is 3.62. The van der Waals surface area contributed by atoms with Gasteiger partial charge >= 0.3 is 0 Å². The first-order valence-corrected chi connectivity index (χ1v) is 8.22. The molecule has 1 saturated heterocycles.